The van der Waals surface area contributed by atoms with Crippen LogP contribution in [0.1, 0.15) is 12.1 Å². The topological polar surface area (TPSA) is 77.6 Å². The number of likely N-dealkylation sites (N-methyl/N-ethyl adjacent to an activating group) is 1. The van der Waals surface area contributed by atoms with E-state index in [0.29, 0.717) is 19.6 Å². The van der Waals surface area contributed by atoms with Crippen LogP contribution in [0, 0.1) is 0 Å². The van der Waals surface area contributed by atoms with Gasteiger partial charge >= 0.3 is 12.1 Å². The normalized spacial score (nSPS) is 24.7. The summed E-state index contributed by atoms with van der Waals surface area (Å²) in [5.74, 6) is 0. The number of piperidine rings is 1. The lowest BCUT2D eigenvalue weighted by molar-refractivity contribution is 0.154. The van der Waals surface area contributed by atoms with Crippen molar-refractivity contribution < 1.29 is 9.59 Å². The lowest BCUT2D eigenvalue weighted by Crippen LogP contribution is -2.55. The van der Waals surface area contributed by atoms with E-state index in [2.05, 4.69) is 15.6 Å². The van der Waals surface area contributed by atoms with Gasteiger partial charge in [0.25, 0.3) is 0 Å². The molecule has 0 unspecified atom stereocenters. The fraction of sp³-hybridized carbons (Fsp3) is 0.615. The molecule has 2 fully saturated rings. The number of carbonyl (C=O) groups excluding carboxylic acids is 2. The zero-order valence-electron chi connectivity index (χ0n) is 11.9. The summed E-state index contributed by atoms with van der Waals surface area (Å²) in [6, 6.07) is 0.139. The fourth-order valence-electron chi connectivity index (χ4n) is 2.91. The second-order valence-corrected chi connectivity index (χ2v) is 6.15. The fourth-order valence-corrected chi connectivity index (χ4v) is 3.50. The van der Waals surface area contributed by atoms with Crippen LogP contribution in [0.15, 0.2) is 10.9 Å². The molecule has 0 spiro atoms. The predicted octanol–water partition coefficient (Wildman–Crippen LogP) is 0.493. The second kappa shape index (κ2) is 5.88. The van der Waals surface area contributed by atoms with Gasteiger partial charge in [-0.25, -0.2) is 14.6 Å². The summed E-state index contributed by atoms with van der Waals surface area (Å²) >= 11 is 1.56. The minimum absolute atomic E-state index is 0.0422. The van der Waals surface area contributed by atoms with Gasteiger partial charge in [0.2, 0.25) is 0 Å². The Labute approximate surface area is 127 Å². The van der Waals surface area contributed by atoms with Gasteiger partial charge < -0.3 is 20.4 Å². The molecule has 1 aromatic heterocycles. The number of thiazole rings is 1. The molecular formula is C13H19N5O2S. The Morgan fingerprint density at radius 2 is 2.48 bits per heavy atom. The highest BCUT2D eigenvalue weighted by Gasteiger charge is 2.41. The number of nitrogens with zero attached hydrogens (tertiary/aromatic N) is 3. The van der Waals surface area contributed by atoms with Crippen LogP contribution in [-0.4, -0.2) is 65.6 Å². The Bertz CT molecular complexity index is 521. The second-order valence-electron chi connectivity index (χ2n) is 5.43. The van der Waals surface area contributed by atoms with Crippen LogP contribution in [0.25, 0.3) is 0 Å². The Balaban J connectivity index is 1.47. The van der Waals surface area contributed by atoms with Crippen molar-refractivity contribution in [3.05, 3.63) is 16.6 Å². The zero-order valence-corrected chi connectivity index (χ0v) is 12.7. The van der Waals surface area contributed by atoms with E-state index in [4.69, 9.17) is 0 Å². The van der Waals surface area contributed by atoms with Crippen LogP contribution in [-0.2, 0) is 6.42 Å². The lowest BCUT2D eigenvalue weighted by atomic mass is 10.0. The number of hydrogen-bond acceptors (Lipinski definition) is 4. The third-order valence-corrected chi connectivity index (χ3v) is 4.77. The number of aromatic nitrogens is 1. The number of rotatable bonds is 3. The molecule has 2 N–H and O–H groups in total. The van der Waals surface area contributed by atoms with Crippen molar-refractivity contribution in [3.63, 3.8) is 0 Å². The first-order chi connectivity index (χ1) is 10.1. The van der Waals surface area contributed by atoms with Crippen molar-refractivity contribution in [2.24, 2.45) is 0 Å². The molecule has 4 amide bonds. The van der Waals surface area contributed by atoms with Gasteiger partial charge in [-0.1, -0.05) is 0 Å². The van der Waals surface area contributed by atoms with Crippen LogP contribution in [0.3, 0.4) is 0 Å². The first-order valence-electron chi connectivity index (χ1n) is 7.08. The van der Waals surface area contributed by atoms with Crippen LogP contribution >= 0.6 is 11.3 Å². The van der Waals surface area contributed by atoms with Gasteiger partial charge in [0, 0.05) is 38.5 Å². The Hall–Kier alpha value is -1.83. The van der Waals surface area contributed by atoms with Gasteiger partial charge in [0.05, 0.1) is 23.3 Å². The zero-order chi connectivity index (χ0) is 14.8. The summed E-state index contributed by atoms with van der Waals surface area (Å²) in [6.45, 7) is 1.84. The minimum atomic E-state index is -0.0625. The standard InChI is InChI=1S/C13H19N5O2S/c1-17-11-3-5-18(6-10(11)16-13(17)20)12(19)14-4-2-9-7-21-8-15-9/h7-8,10-11H,2-6H2,1H3,(H,14,19)(H,16,20)/t10-,11+/m1/s1. The van der Waals surface area contributed by atoms with Crippen LogP contribution < -0.4 is 10.6 Å². The van der Waals surface area contributed by atoms with E-state index in [1.54, 1.807) is 26.6 Å². The number of nitrogens with one attached hydrogen (secondary N) is 2. The summed E-state index contributed by atoms with van der Waals surface area (Å²) in [4.78, 5) is 31.5. The number of likely N-dealkylation sites (tertiary alicyclic amines) is 1. The average Bonchev–Trinajstić information content (AvgIpc) is 3.08. The molecule has 3 rings (SSSR count). The van der Waals surface area contributed by atoms with Crippen molar-refractivity contribution in [3.8, 4) is 0 Å². The van der Waals surface area contributed by atoms with E-state index in [9.17, 15) is 9.59 Å². The molecule has 3 heterocycles. The first kappa shape index (κ1) is 14.1. The van der Waals surface area contributed by atoms with Gasteiger partial charge in [0.1, 0.15) is 0 Å². The van der Waals surface area contributed by atoms with E-state index < -0.39 is 0 Å². The van der Waals surface area contributed by atoms with E-state index in [1.165, 1.54) is 0 Å². The first-order valence-corrected chi connectivity index (χ1v) is 8.02. The van der Waals surface area contributed by atoms with Crippen LogP contribution in [0.2, 0.25) is 0 Å². The summed E-state index contributed by atoms with van der Waals surface area (Å²) in [5.41, 5.74) is 2.80. The largest absolute Gasteiger partial charge is 0.338 e. The highest BCUT2D eigenvalue weighted by molar-refractivity contribution is 7.07. The van der Waals surface area contributed by atoms with Gasteiger partial charge in [-0.2, -0.15) is 0 Å². The molecule has 2 atom stereocenters. The van der Waals surface area contributed by atoms with Crippen LogP contribution in [0.5, 0.6) is 0 Å². The quantitative estimate of drug-likeness (QED) is 0.853. The molecule has 1 aromatic rings. The smallest absolute Gasteiger partial charge is 0.317 e. The van der Waals surface area contributed by atoms with Gasteiger partial charge in [-0.3, -0.25) is 0 Å². The number of fused-ring (bicyclic) bond motifs is 1. The molecule has 0 bridgehead atoms. The van der Waals surface area contributed by atoms with Crippen molar-refractivity contribution in [1.29, 1.82) is 0 Å². The molecule has 2 aliphatic rings. The molecule has 0 aromatic carbocycles. The molecule has 21 heavy (non-hydrogen) atoms. The molecule has 0 aliphatic carbocycles. The maximum atomic E-state index is 12.1. The number of amides is 4. The molecule has 2 saturated heterocycles. The molecule has 7 nitrogen and oxygen atoms in total. The lowest BCUT2D eigenvalue weighted by Gasteiger charge is -2.35. The Kier molecular flexibility index (Phi) is 3.96. The maximum Gasteiger partial charge on any atom is 0.317 e. The molecule has 2 aliphatic heterocycles. The third kappa shape index (κ3) is 2.94. The minimum Gasteiger partial charge on any atom is -0.338 e. The third-order valence-electron chi connectivity index (χ3n) is 4.13. The summed E-state index contributed by atoms with van der Waals surface area (Å²) in [7, 11) is 1.81. The predicted molar refractivity (Wildman–Crippen MR) is 79.3 cm³/mol. The number of carbonyl (C=O) groups is 2. The van der Waals surface area contributed by atoms with Crippen molar-refractivity contribution in [1.82, 2.24) is 25.4 Å². The van der Waals surface area contributed by atoms with Crippen molar-refractivity contribution in [2.45, 2.75) is 24.9 Å². The van der Waals surface area contributed by atoms with E-state index >= 15 is 0 Å². The molecule has 8 heteroatoms. The Morgan fingerprint density at radius 3 is 3.24 bits per heavy atom. The van der Waals surface area contributed by atoms with Gasteiger partial charge in [-0.15, -0.1) is 11.3 Å². The SMILES string of the molecule is CN1C(=O)N[C@@H]2CN(C(=O)NCCc3cscn3)CC[C@@H]21. The maximum absolute atomic E-state index is 12.1. The molecule has 0 saturated carbocycles. The summed E-state index contributed by atoms with van der Waals surface area (Å²) in [5, 5.41) is 7.83. The molecule has 114 valence electrons. The molecular weight excluding hydrogens is 290 g/mol. The highest BCUT2D eigenvalue weighted by atomic mass is 32.1. The van der Waals surface area contributed by atoms with Gasteiger partial charge in [-0.05, 0) is 6.42 Å². The highest BCUT2D eigenvalue weighted by Crippen LogP contribution is 2.21. The van der Waals surface area contributed by atoms with Crippen molar-refractivity contribution >= 4 is 23.4 Å². The summed E-state index contributed by atoms with van der Waals surface area (Å²) < 4.78 is 0. The number of urea groups is 2. The monoisotopic (exact) mass is 309 g/mol. The van der Waals surface area contributed by atoms with Gasteiger partial charge in [0.15, 0.2) is 0 Å². The molecule has 0 radical (unpaired) electrons. The van der Waals surface area contributed by atoms with Crippen molar-refractivity contribution in [2.75, 3.05) is 26.7 Å². The average molecular weight is 309 g/mol. The van der Waals surface area contributed by atoms with E-state index in [0.717, 1.165) is 18.5 Å². The Morgan fingerprint density at radius 1 is 1.62 bits per heavy atom. The summed E-state index contributed by atoms with van der Waals surface area (Å²) in [6.07, 6.45) is 1.56. The van der Waals surface area contributed by atoms with E-state index in [1.807, 2.05) is 12.4 Å². The number of hydrogen-bond donors (Lipinski definition) is 2. The van der Waals surface area contributed by atoms with E-state index in [-0.39, 0.29) is 24.1 Å². The van der Waals surface area contributed by atoms with Crippen LogP contribution in [0.4, 0.5) is 9.59 Å².